The lowest BCUT2D eigenvalue weighted by Gasteiger charge is -2.32. The van der Waals surface area contributed by atoms with Crippen LogP contribution in [0.3, 0.4) is 0 Å². The van der Waals surface area contributed by atoms with Gasteiger partial charge in [-0.3, -0.25) is 4.79 Å². The highest BCUT2D eigenvalue weighted by atomic mass is 19.1. The number of carbonyl (C=O) groups excluding carboxylic acids is 2. The second kappa shape index (κ2) is 7.08. The van der Waals surface area contributed by atoms with Crippen molar-refractivity contribution in [1.82, 2.24) is 19.8 Å². The Labute approximate surface area is 172 Å². The summed E-state index contributed by atoms with van der Waals surface area (Å²) in [5, 5.41) is 2.72. The maximum absolute atomic E-state index is 13.5. The molecule has 0 radical (unpaired) electrons. The van der Waals surface area contributed by atoms with E-state index in [1.54, 1.807) is 12.4 Å². The van der Waals surface area contributed by atoms with E-state index in [9.17, 15) is 14.0 Å². The van der Waals surface area contributed by atoms with Crippen molar-refractivity contribution in [1.29, 1.82) is 0 Å². The molecule has 2 aliphatic heterocycles. The van der Waals surface area contributed by atoms with Gasteiger partial charge in [0.1, 0.15) is 12.4 Å². The van der Waals surface area contributed by atoms with Gasteiger partial charge in [0.2, 0.25) is 5.91 Å². The summed E-state index contributed by atoms with van der Waals surface area (Å²) < 4.78 is 18.5. The first-order valence-electron chi connectivity index (χ1n) is 9.74. The van der Waals surface area contributed by atoms with Crippen LogP contribution in [0.25, 0.3) is 5.57 Å². The molecule has 5 rings (SSSR count). The van der Waals surface area contributed by atoms with Crippen LogP contribution in [0, 0.1) is 11.7 Å². The lowest BCUT2D eigenvalue weighted by atomic mass is 9.97. The molecule has 3 aliphatic rings. The number of fused-ring (bicyclic) bond motifs is 3. The third-order valence-corrected chi connectivity index (χ3v) is 5.90. The minimum absolute atomic E-state index is 0.00261. The highest BCUT2D eigenvalue weighted by Crippen LogP contribution is 2.42. The van der Waals surface area contributed by atoms with Crippen LogP contribution >= 0.6 is 0 Å². The van der Waals surface area contributed by atoms with Gasteiger partial charge in [-0.15, -0.1) is 0 Å². The summed E-state index contributed by atoms with van der Waals surface area (Å²) in [6, 6.07) is 4.20. The van der Waals surface area contributed by atoms with Gasteiger partial charge in [-0.2, -0.15) is 0 Å². The molecule has 2 aromatic rings. The highest BCUT2D eigenvalue weighted by molar-refractivity contribution is 5.95. The summed E-state index contributed by atoms with van der Waals surface area (Å²) in [6.45, 7) is 0.763. The molecule has 1 saturated heterocycles. The number of halogens is 1. The van der Waals surface area contributed by atoms with Gasteiger partial charge in [0, 0.05) is 36.1 Å². The Morgan fingerprint density at radius 2 is 2.13 bits per heavy atom. The summed E-state index contributed by atoms with van der Waals surface area (Å²) in [5.41, 5.74) is 3.32. The molecule has 1 aromatic heterocycles. The zero-order valence-electron chi connectivity index (χ0n) is 16.3. The Morgan fingerprint density at radius 1 is 1.33 bits per heavy atom. The van der Waals surface area contributed by atoms with E-state index in [0.29, 0.717) is 23.8 Å². The number of hydrogen-bond donors (Lipinski definition) is 1. The van der Waals surface area contributed by atoms with Crippen LogP contribution in [0.1, 0.15) is 17.5 Å². The summed E-state index contributed by atoms with van der Waals surface area (Å²) in [4.78, 5) is 36.8. The number of hydrogen-bond acceptors (Lipinski definition) is 5. The Bertz CT molecular complexity index is 1060. The number of likely N-dealkylation sites (tertiary alicyclic amines) is 1. The zero-order valence-corrected chi connectivity index (χ0v) is 16.3. The van der Waals surface area contributed by atoms with Gasteiger partial charge in [0.25, 0.3) is 0 Å². The van der Waals surface area contributed by atoms with Crippen molar-refractivity contribution in [2.75, 3.05) is 25.5 Å². The fraction of sp³-hybridized carbons (Fsp3) is 0.333. The Balaban J connectivity index is 1.27. The van der Waals surface area contributed by atoms with Crippen molar-refractivity contribution in [3.8, 4) is 6.01 Å². The first-order chi connectivity index (χ1) is 14.5. The highest BCUT2D eigenvalue weighted by Gasteiger charge is 2.42. The molecule has 154 valence electrons. The van der Waals surface area contributed by atoms with E-state index in [1.165, 1.54) is 30.2 Å². The van der Waals surface area contributed by atoms with E-state index in [0.717, 1.165) is 17.6 Å². The van der Waals surface area contributed by atoms with E-state index < -0.39 is 0 Å². The fourth-order valence-corrected chi connectivity index (χ4v) is 4.45. The molecular weight excluding hydrogens is 389 g/mol. The van der Waals surface area contributed by atoms with Crippen LogP contribution in [0.5, 0.6) is 6.01 Å². The molecule has 0 spiro atoms. The van der Waals surface area contributed by atoms with Crippen molar-refractivity contribution in [3.05, 3.63) is 53.6 Å². The summed E-state index contributed by atoms with van der Waals surface area (Å²) in [6.07, 6.45) is 6.41. The standard InChI is InChI=1S/C21H20FN5O3/c1-30-20-23-7-14(8-24-20)17-6-16-5-12(17)10-27(16)19(28)11-26-9-13-4-15(22)2-3-18(13)25-21(26)29/h2-4,6-8,12,16H,5,9-11H2,1H3,(H,25,29)/t12-,16-/m0/s1. The molecule has 8 nitrogen and oxygen atoms in total. The number of ether oxygens (including phenoxy) is 1. The van der Waals surface area contributed by atoms with Crippen molar-refractivity contribution < 1.29 is 18.7 Å². The number of carbonyl (C=O) groups is 2. The number of nitrogens with one attached hydrogen (secondary N) is 1. The van der Waals surface area contributed by atoms with Crippen LogP contribution in [0.15, 0.2) is 36.7 Å². The number of methoxy groups -OCH3 is 1. The molecule has 3 amide bonds. The Kier molecular flexibility index (Phi) is 4.38. The van der Waals surface area contributed by atoms with Crippen LogP contribution in [0.4, 0.5) is 14.9 Å². The monoisotopic (exact) mass is 409 g/mol. The number of anilines is 1. The quantitative estimate of drug-likeness (QED) is 0.837. The first kappa shape index (κ1) is 18.5. The van der Waals surface area contributed by atoms with Gasteiger partial charge in [-0.25, -0.2) is 19.2 Å². The molecular formula is C21H20FN5O3. The summed E-state index contributed by atoms with van der Waals surface area (Å²) in [5.74, 6) is -0.257. The molecule has 1 aliphatic carbocycles. The second-order valence-electron chi connectivity index (χ2n) is 7.71. The van der Waals surface area contributed by atoms with Crippen LogP contribution in [-0.4, -0.2) is 57.9 Å². The fourth-order valence-electron chi connectivity index (χ4n) is 4.45. The number of amides is 3. The third-order valence-electron chi connectivity index (χ3n) is 5.90. The van der Waals surface area contributed by atoms with Crippen LogP contribution in [-0.2, 0) is 11.3 Å². The van der Waals surface area contributed by atoms with E-state index in [2.05, 4.69) is 21.4 Å². The predicted molar refractivity (Wildman–Crippen MR) is 106 cm³/mol. The van der Waals surface area contributed by atoms with Crippen molar-refractivity contribution in [2.24, 2.45) is 5.92 Å². The van der Waals surface area contributed by atoms with E-state index in [4.69, 9.17) is 4.74 Å². The van der Waals surface area contributed by atoms with Gasteiger partial charge in [0.05, 0.1) is 19.7 Å². The van der Waals surface area contributed by atoms with E-state index >= 15 is 0 Å². The number of urea groups is 1. The number of benzene rings is 1. The number of nitrogens with zero attached hydrogens (tertiary/aromatic N) is 4. The topological polar surface area (TPSA) is 87.7 Å². The average molecular weight is 409 g/mol. The molecule has 9 heteroatoms. The lowest BCUT2D eigenvalue weighted by molar-refractivity contribution is -0.132. The van der Waals surface area contributed by atoms with E-state index in [1.807, 2.05) is 4.90 Å². The van der Waals surface area contributed by atoms with Crippen molar-refractivity contribution in [2.45, 2.75) is 19.0 Å². The smallest absolute Gasteiger partial charge is 0.322 e. The average Bonchev–Trinajstić information content (AvgIpc) is 3.36. The Morgan fingerprint density at radius 3 is 2.83 bits per heavy atom. The Hall–Kier alpha value is -3.49. The maximum atomic E-state index is 13.5. The molecule has 1 N–H and O–H groups in total. The van der Waals surface area contributed by atoms with Gasteiger partial charge in [-0.1, -0.05) is 6.08 Å². The molecule has 3 heterocycles. The molecule has 1 aromatic carbocycles. The number of aromatic nitrogens is 2. The molecule has 0 unspecified atom stereocenters. The lowest BCUT2D eigenvalue weighted by Crippen LogP contribution is -2.47. The minimum atomic E-state index is -0.367. The summed E-state index contributed by atoms with van der Waals surface area (Å²) in [7, 11) is 1.52. The van der Waals surface area contributed by atoms with Gasteiger partial charge < -0.3 is 19.9 Å². The van der Waals surface area contributed by atoms with Crippen molar-refractivity contribution >= 4 is 23.2 Å². The minimum Gasteiger partial charge on any atom is -0.467 e. The van der Waals surface area contributed by atoms with Gasteiger partial charge >= 0.3 is 12.0 Å². The molecule has 1 fully saturated rings. The first-order valence-corrected chi connectivity index (χ1v) is 9.74. The molecule has 2 atom stereocenters. The van der Waals surface area contributed by atoms with E-state index in [-0.39, 0.29) is 42.8 Å². The molecule has 30 heavy (non-hydrogen) atoms. The van der Waals surface area contributed by atoms with Gasteiger partial charge in [-0.05, 0) is 35.8 Å². The maximum Gasteiger partial charge on any atom is 0.322 e. The third kappa shape index (κ3) is 3.16. The van der Waals surface area contributed by atoms with Gasteiger partial charge in [0.15, 0.2) is 0 Å². The largest absolute Gasteiger partial charge is 0.467 e. The zero-order chi connectivity index (χ0) is 20.8. The predicted octanol–water partition coefficient (Wildman–Crippen LogP) is 2.29. The van der Waals surface area contributed by atoms with Crippen molar-refractivity contribution in [3.63, 3.8) is 0 Å². The molecule has 0 saturated carbocycles. The summed E-state index contributed by atoms with van der Waals surface area (Å²) >= 11 is 0. The normalized spacial score (nSPS) is 21.9. The number of rotatable bonds is 4. The van der Waals surface area contributed by atoms with Crippen LogP contribution < -0.4 is 10.1 Å². The molecule has 2 bridgehead atoms. The second-order valence-corrected chi connectivity index (χ2v) is 7.71. The van der Waals surface area contributed by atoms with Crippen LogP contribution in [0.2, 0.25) is 0 Å². The SMILES string of the molecule is COc1ncc(C2=C[C@@H]3C[C@H]2CN3C(=O)CN2Cc3cc(F)ccc3NC2=O)cn1.